The van der Waals surface area contributed by atoms with Gasteiger partial charge in [0, 0.05) is 24.4 Å². The normalized spacial score (nSPS) is 10.6. The predicted molar refractivity (Wildman–Crippen MR) is 128 cm³/mol. The molecule has 3 aromatic rings. The Morgan fingerprint density at radius 1 is 1.10 bits per heavy atom. The van der Waals surface area contributed by atoms with Crippen LogP contribution >= 0.6 is 0 Å². The topological polar surface area (TPSA) is 61.0 Å². The van der Waals surface area contributed by atoms with Gasteiger partial charge in [-0.3, -0.25) is 4.98 Å². The van der Waals surface area contributed by atoms with Gasteiger partial charge in [-0.15, -0.1) is 0 Å². The van der Waals surface area contributed by atoms with Gasteiger partial charge in [-0.2, -0.15) is 4.98 Å². The summed E-state index contributed by atoms with van der Waals surface area (Å²) in [4.78, 5) is 8.16. The van der Waals surface area contributed by atoms with Crippen LogP contribution in [-0.2, 0) is 6.42 Å². The maximum absolute atomic E-state index is 5.61. The van der Waals surface area contributed by atoms with E-state index >= 15 is 0 Å². The van der Waals surface area contributed by atoms with Crippen LogP contribution in [0, 0.1) is 12.8 Å². The highest BCUT2D eigenvalue weighted by atomic mass is 16.5. The first kappa shape index (κ1) is 26.1. The molecule has 0 amide bonds. The van der Waals surface area contributed by atoms with Gasteiger partial charge in [0.1, 0.15) is 12.4 Å². The standard InChI is InChI=1S/C13H18O.C9H9N3O.C4H10/c1-4-5-12(3)10-14-13-8-6-11(2)7-9-13;1-2-8-11-9(12-13-8)7-4-3-5-10-6-7;1-4(2)3/h5-9H,4,10H2,1-3H3;3-6H,2H2,1H3;4H,1-3H3/b12-5-;;. The third kappa shape index (κ3) is 11.7. The van der Waals surface area contributed by atoms with Crippen LogP contribution < -0.4 is 4.74 Å². The van der Waals surface area contributed by atoms with Gasteiger partial charge in [0.2, 0.25) is 11.7 Å². The van der Waals surface area contributed by atoms with E-state index in [-0.39, 0.29) is 0 Å². The van der Waals surface area contributed by atoms with Gasteiger partial charge in [0.25, 0.3) is 0 Å². The van der Waals surface area contributed by atoms with E-state index in [0.717, 1.165) is 30.1 Å². The number of allylic oxidation sites excluding steroid dienone is 1. The molecule has 31 heavy (non-hydrogen) atoms. The molecule has 5 nitrogen and oxygen atoms in total. The molecule has 0 aliphatic heterocycles. The summed E-state index contributed by atoms with van der Waals surface area (Å²) in [6.45, 7) is 15.5. The summed E-state index contributed by atoms with van der Waals surface area (Å²) in [6.07, 6.45) is 7.44. The molecule has 0 N–H and O–H groups in total. The number of nitrogens with zero attached hydrogens (tertiary/aromatic N) is 3. The molecule has 0 aliphatic carbocycles. The van der Waals surface area contributed by atoms with Gasteiger partial charge >= 0.3 is 0 Å². The summed E-state index contributed by atoms with van der Waals surface area (Å²) in [5, 5.41) is 3.83. The molecule has 0 spiro atoms. The lowest BCUT2D eigenvalue weighted by Gasteiger charge is -2.06. The molecule has 168 valence electrons. The van der Waals surface area contributed by atoms with Crippen LogP contribution in [0.15, 0.2) is 65.0 Å². The highest BCUT2D eigenvalue weighted by molar-refractivity contribution is 5.51. The van der Waals surface area contributed by atoms with E-state index < -0.39 is 0 Å². The summed E-state index contributed by atoms with van der Waals surface area (Å²) in [6, 6.07) is 11.9. The van der Waals surface area contributed by atoms with Crippen LogP contribution in [0.1, 0.15) is 59.4 Å². The second-order valence-electron chi connectivity index (χ2n) is 7.90. The van der Waals surface area contributed by atoms with Gasteiger partial charge in [-0.25, -0.2) is 0 Å². The van der Waals surface area contributed by atoms with E-state index in [9.17, 15) is 0 Å². The molecule has 0 saturated heterocycles. The Labute approximate surface area is 187 Å². The van der Waals surface area contributed by atoms with Crippen molar-refractivity contribution >= 4 is 0 Å². The van der Waals surface area contributed by atoms with Crippen molar-refractivity contribution in [1.82, 2.24) is 15.1 Å². The van der Waals surface area contributed by atoms with Crippen LogP contribution in [0.2, 0.25) is 0 Å². The van der Waals surface area contributed by atoms with E-state index in [2.05, 4.69) is 74.9 Å². The van der Waals surface area contributed by atoms with Crippen LogP contribution in [-0.4, -0.2) is 21.7 Å². The average Bonchev–Trinajstić information content (AvgIpc) is 3.24. The summed E-state index contributed by atoms with van der Waals surface area (Å²) in [7, 11) is 0. The highest BCUT2D eigenvalue weighted by Crippen LogP contribution is 2.13. The Morgan fingerprint density at radius 3 is 2.29 bits per heavy atom. The minimum absolute atomic E-state index is 0.602. The van der Waals surface area contributed by atoms with Gasteiger partial charge in [0.15, 0.2) is 0 Å². The van der Waals surface area contributed by atoms with Crippen LogP contribution in [0.3, 0.4) is 0 Å². The first-order chi connectivity index (χ1) is 14.8. The third-order valence-corrected chi connectivity index (χ3v) is 3.73. The lowest BCUT2D eigenvalue weighted by molar-refractivity contribution is 0.351. The number of aromatic nitrogens is 3. The molecular formula is C26H37N3O2. The molecule has 0 saturated carbocycles. The lowest BCUT2D eigenvalue weighted by Crippen LogP contribution is -1.98. The number of benzene rings is 1. The SMILES string of the molecule is CC(C)C.CC/C=C(/C)COc1ccc(C)cc1.CCc1nc(-c2cccnc2)no1. The summed E-state index contributed by atoms with van der Waals surface area (Å²) in [5.74, 6) is 3.03. The first-order valence-corrected chi connectivity index (χ1v) is 10.9. The first-order valence-electron chi connectivity index (χ1n) is 10.9. The minimum Gasteiger partial charge on any atom is -0.489 e. The number of hydrogen-bond donors (Lipinski definition) is 0. The third-order valence-electron chi connectivity index (χ3n) is 3.73. The lowest BCUT2D eigenvalue weighted by atomic mass is 10.2. The molecule has 0 aliphatic rings. The van der Waals surface area contributed by atoms with E-state index in [1.807, 2.05) is 31.2 Å². The zero-order chi connectivity index (χ0) is 23.1. The highest BCUT2D eigenvalue weighted by Gasteiger charge is 2.05. The molecule has 2 aromatic heterocycles. The van der Waals surface area contributed by atoms with Crippen molar-refractivity contribution in [2.45, 2.75) is 61.3 Å². The van der Waals surface area contributed by atoms with E-state index in [1.54, 1.807) is 12.4 Å². The predicted octanol–water partition coefficient (Wildman–Crippen LogP) is 7.09. The van der Waals surface area contributed by atoms with Crippen molar-refractivity contribution in [3.8, 4) is 17.1 Å². The fourth-order valence-electron chi connectivity index (χ4n) is 2.25. The van der Waals surface area contributed by atoms with Crippen LogP contribution in [0.4, 0.5) is 0 Å². The monoisotopic (exact) mass is 423 g/mol. The number of hydrogen-bond acceptors (Lipinski definition) is 5. The summed E-state index contributed by atoms with van der Waals surface area (Å²) in [5.41, 5.74) is 3.43. The molecule has 3 rings (SSSR count). The Morgan fingerprint density at radius 2 is 1.77 bits per heavy atom. The molecular weight excluding hydrogens is 386 g/mol. The zero-order valence-electron chi connectivity index (χ0n) is 20.1. The molecule has 0 atom stereocenters. The van der Waals surface area contributed by atoms with E-state index in [0.29, 0.717) is 18.3 Å². The molecule has 1 aromatic carbocycles. The molecule has 2 heterocycles. The molecule has 0 unspecified atom stereocenters. The Kier molecular flexibility index (Phi) is 12.6. The molecule has 0 radical (unpaired) electrons. The number of rotatable bonds is 6. The van der Waals surface area contributed by atoms with Gasteiger partial charge in [0.05, 0.1) is 0 Å². The van der Waals surface area contributed by atoms with Crippen LogP contribution in [0.25, 0.3) is 11.4 Å². The number of pyridine rings is 1. The summed E-state index contributed by atoms with van der Waals surface area (Å²) < 4.78 is 10.6. The van der Waals surface area contributed by atoms with Crippen molar-refractivity contribution in [2.75, 3.05) is 6.61 Å². The van der Waals surface area contributed by atoms with E-state index in [1.165, 1.54) is 11.1 Å². The van der Waals surface area contributed by atoms with Gasteiger partial charge in [-0.1, -0.05) is 63.5 Å². The Balaban J connectivity index is 0.000000265. The Bertz CT molecular complexity index is 866. The molecule has 5 heteroatoms. The quantitative estimate of drug-likeness (QED) is 0.396. The zero-order valence-corrected chi connectivity index (χ0v) is 20.1. The maximum Gasteiger partial charge on any atom is 0.226 e. The fraction of sp³-hybridized carbons (Fsp3) is 0.423. The summed E-state index contributed by atoms with van der Waals surface area (Å²) >= 11 is 0. The Hall–Kier alpha value is -2.95. The molecule has 0 bridgehead atoms. The van der Waals surface area contributed by atoms with Gasteiger partial charge < -0.3 is 9.26 Å². The number of aryl methyl sites for hydroxylation is 2. The van der Waals surface area contributed by atoms with Crippen LogP contribution in [0.5, 0.6) is 5.75 Å². The van der Waals surface area contributed by atoms with Crippen molar-refractivity contribution in [2.24, 2.45) is 5.92 Å². The second kappa shape index (κ2) is 14.9. The number of ether oxygens (including phenoxy) is 1. The maximum atomic E-state index is 5.61. The van der Waals surface area contributed by atoms with Crippen molar-refractivity contribution < 1.29 is 9.26 Å². The van der Waals surface area contributed by atoms with Crippen molar-refractivity contribution in [3.05, 3.63) is 71.9 Å². The van der Waals surface area contributed by atoms with E-state index in [4.69, 9.17) is 9.26 Å². The minimum atomic E-state index is 0.602. The molecule has 0 fully saturated rings. The van der Waals surface area contributed by atoms with Gasteiger partial charge in [-0.05, 0) is 56.0 Å². The largest absolute Gasteiger partial charge is 0.489 e. The second-order valence-corrected chi connectivity index (χ2v) is 7.90. The van der Waals surface area contributed by atoms with Crippen molar-refractivity contribution in [3.63, 3.8) is 0 Å². The smallest absolute Gasteiger partial charge is 0.226 e. The fourth-order valence-corrected chi connectivity index (χ4v) is 2.25. The van der Waals surface area contributed by atoms with Crippen molar-refractivity contribution in [1.29, 1.82) is 0 Å². The average molecular weight is 424 g/mol.